The van der Waals surface area contributed by atoms with Gasteiger partial charge < -0.3 is 20.2 Å². The van der Waals surface area contributed by atoms with E-state index in [0.717, 1.165) is 56.9 Å². The van der Waals surface area contributed by atoms with E-state index in [1.165, 1.54) is 12.1 Å². The lowest BCUT2D eigenvalue weighted by atomic mass is 9.91. The van der Waals surface area contributed by atoms with Gasteiger partial charge in [0.05, 0.1) is 34.7 Å². The van der Waals surface area contributed by atoms with Crippen molar-refractivity contribution in [1.82, 2.24) is 20.1 Å². The second-order valence-corrected chi connectivity index (χ2v) is 10.6. The molecule has 1 atom stereocenters. The van der Waals surface area contributed by atoms with Crippen molar-refractivity contribution in [2.24, 2.45) is 0 Å². The van der Waals surface area contributed by atoms with Crippen LogP contribution in [0, 0.1) is 12.7 Å². The zero-order chi connectivity index (χ0) is 27.1. The molecule has 0 spiro atoms. The van der Waals surface area contributed by atoms with Crippen molar-refractivity contribution in [3.63, 3.8) is 0 Å². The molecule has 0 saturated carbocycles. The van der Waals surface area contributed by atoms with Crippen LogP contribution in [0.2, 0.25) is 0 Å². The highest BCUT2D eigenvalue weighted by atomic mass is 19.3. The Morgan fingerprint density at radius 3 is 2.46 bits per heavy atom. The summed E-state index contributed by atoms with van der Waals surface area (Å²) in [6.45, 7) is 7.21. The molecule has 1 saturated heterocycles. The monoisotopic (exact) mass is 516 g/mol. The third-order valence-electron chi connectivity index (χ3n) is 7.29. The highest BCUT2D eigenvalue weighted by molar-refractivity contribution is 5.92. The Hall–Kier alpha value is -2.98. The number of benzene rings is 1. The summed E-state index contributed by atoms with van der Waals surface area (Å²) in [7, 11) is 4.20. The summed E-state index contributed by atoms with van der Waals surface area (Å²) >= 11 is 0. The highest BCUT2D eigenvalue weighted by Gasteiger charge is 2.49. The molecule has 1 aromatic carbocycles. The van der Waals surface area contributed by atoms with Crippen molar-refractivity contribution in [3.8, 4) is 0 Å². The third kappa shape index (κ3) is 5.22. The Labute approximate surface area is 215 Å². The van der Waals surface area contributed by atoms with Gasteiger partial charge in [0.2, 0.25) is 0 Å². The van der Waals surface area contributed by atoms with Crippen LogP contribution in [0.3, 0.4) is 0 Å². The largest absolute Gasteiger partial charge is 0.384 e. The van der Waals surface area contributed by atoms with E-state index >= 15 is 4.39 Å². The van der Waals surface area contributed by atoms with Crippen LogP contribution < -0.4 is 10.2 Å². The minimum atomic E-state index is -3.78. The van der Waals surface area contributed by atoms with Crippen LogP contribution in [-0.2, 0) is 5.92 Å². The lowest BCUT2D eigenvalue weighted by molar-refractivity contribution is -0.170. The van der Waals surface area contributed by atoms with E-state index in [0.29, 0.717) is 23.1 Å². The lowest BCUT2D eigenvalue weighted by Crippen LogP contribution is -2.42. The van der Waals surface area contributed by atoms with Crippen LogP contribution >= 0.6 is 0 Å². The maximum absolute atomic E-state index is 15.3. The summed E-state index contributed by atoms with van der Waals surface area (Å²) in [6.07, 6.45) is 3.93. The first-order valence-corrected chi connectivity index (χ1v) is 12.5. The second-order valence-electron chi connectivity index (χ2n) is 10.6. The summed E-state index contributed by atoms with van der Waals surface area (Å²) in [5, 5.41) is 22.3. The van der Waals surface area contributed by atoms with E-state index in [-0.39, 0.29) is 5.56 Å². The number of piperidine rings is 1. The van der Waals surface area contributed by atoms with Crippen LogP contribution in [0.1, 0.15) is 56.5 Å². The predicted molar refractivity (Wildman–Crippen MR) is 140 cm³/mol. The number of alkyl halides is 2. The van der Waals surface area contributed by atoms with Crippen LogP contribution in [0.15, 0.2) is 30.5 Å². The molecule has 0 radical (unpaired) electrons. The molecule has 1 aliphatic rings. The molecule has 7 nitrogen and oxygen atoms in total. The number of hydrogen-bond donors (Lipinski definition) is 2. The van der Waals surface area contributed by atoms with Crippen molar-refractivity contribution in [1.29, 1.82) is 0 Å². The van der Waals surface area contributed by atoms with E-state index < -0.39 is 28.9 Å². The maximum Gasteiger partial charge on any atom is 0.303 e. The fourth-order valence-corrected chi connectivity index (χ4v) is 4.81. The van der Waals surface area contributed by atoms with E-state index in [4.69, 9.17) is 0 Å². The standard InChI is InChI=1S/C27H35F3N6O/c1-16(20-8-7-9-22(23(20)28)27(29,30)26(3,4)37)32-25-21-14-19(15-31-24(21)17(2)33-34-25)36-12-10-18(11-13-36)35(5)6/h7-9,14-16,18,37H,10-13H2,1-6H3,(H,32,34)/t16-/m1/s1. The van der Waals surface area contributed by atoms with E-state index in [2.05, 4.69) is 44.4 Å². The molecule has 1 aliphatic heterocycles. The summed E-state index contributed by atoms with van der Waals surface area (Å²) in [4.78, 5) is 9.19. The fraction of sp³-hybridized carbons (Fsp3) is 0.519. The van der Waals surface area contributed by atoms with Gasteiger partial charge in [-0.3, -0.25) is 4.98 Å². The van der Waals surface area contributed by atoms with Gasteiger partial charge in [-0.2, -0.15) is 13.9 Å². The molecule has 0 aliphatic carbocycles. The minimum Gasteiger partial charge on any atom is -0.384 e. The molecule has 2 aromatic heterocycles. The van der Waals surface area contributed by atoms with Gasteiger partial charge in [-0.25, -0.2) is 4.39 Å². The zero-order valence-electron chi connectivity index (χ0n) is 22.2. The Kier molecular flexibility index (Phi) is 7.36. The van der Waals surface area contributed by atoms with Gasteiger partial charge in [0, 0.05) is 30.1 Å². The van der Waals surface area contributed by atoms with Gasteiger partial charge in [0.1, 0.15) is 11.4 Å². The number of nitrogens with zero attached hydrogens (tertiary/aromatic N) is 5. The highest BCUT2D eigenvalue weighted by Crippen LogP contribution is 2.41. The molecule has 2 N–H and O–H groups in total. The number of rotatable bonds is 7. The number of nitrogens with one attached hydrogen (secondary N) is 1. The molecule has 200 valence electrons. The number of halogens is 3. The van der Waals surface area contributed by atoms with Gasteiger partial charge in [-0.1, -0.05) is 12.1 Å². The fourth-order valence-electron chi connectivity index (χ4n) is 4.81. The molecular formula is C27H35F3N6O. The van der Waals surface area contributed by atoms with Gasteiger partial charge >= 0.3 is 5.92 Å². The van der Waals surface area contributed by atoms with Crippen molar-refractivity contribution in [2.45, 2.75) is 64.1 Å². The molecular weight excluding hydrogens is 481 g/mol. The number of pyridine rings is 1. The minimum absolute atomic E-state index is 0.0341. The molecule has 10 heteroatoms. The number of fused-ring (bicyclic) bond motifs is 1. The Morgan fingerprint density at radius 2 is 1.84 bits per heavy atom. The molecule has 3 aromatic rings. The first-order valence-electron chi connectivity index (χ1n) is 12.5. The molecule has 0 unspecified atom stereocenters. The van der Waals surface area contributed by atoms with E-state index in [1.54, 1.807) is 6.92 Å². The maximum atomic E-state index is 15.3. The molecule has 0 amide bonds. The average molecular weight is 517 g/mol. The Morgan fingerprint density at radius 1 is 1.16 bits per heavy atom. The summed E-state index contributed by atoms with van der Waals surface area (Å²) in [6, 6.07) is 5.65. The number of hydrogen-bond acceptors (Lipinski definition) is 7. The van der Waals surface area contributed by atoms with Crippen LogP contribution in [0.25, 0.3) is 10.9 Å². The molecule has 4 rings (SSSR count). The topological polar surface area (TPSA) is 77.4 Å². The third-order valence-corrected chi connectivity index (χ3v) is 7.29. The zero-order valence-corrected chi connectivity index (χ0v) is 22.2. The summed E-state index contributed by atoms with van der Waals surface area (Å²) < 4.78 is 44.9. The summed E-state index contributed by atoms with van der Waals surface area (Å²) in [5.41, 5.74) is -0.956. The number of anilines is 2. The van der Waals surface area contributed by atoms with Crippen molar-refractivity contribution < 1.29 is 18.3 Å². The lowest BCUT2D eigenvalue weighted by Gasteiger charge is -2.36. The van der Waals surface area contributed by atoms with Gasteiger partial charge in [-0.15, -0.1) is 5.10 Å². The Bertz CT molecular complexity index is 1270. The number of aryl methyl sites for hydroxylation is 1. The number of aromatic nitrogens is 3. The molecule has 0 bridgehead atoms. The molecule has 3 heterocycles. The predicted octanol–water partition coefficient (Wildman–Crippen LogP) is 5.04. The van der Waals surface area contributed by atoms with Crippen molar-refractivity contribution in [2.75, 3.05) is 37.4 Å². The quantitative estimate of drug-likeness (QED) is 0.456. The van der Waals surface area contributed by atoms with Crippen LogP contribution in [0.4, 0.5) is 24.7 Å². The first-order chi connectivity index (χ1) is 17.3. The Balaban J connectivity index is 1.65. The normalized spacial score (nSPS) is 16.5. The summed E-state index contributed by atoms with van der Waals surface area (Å²) in [5.74, 6) is -4.45. The van der Waals surface area contributed by atoms with Crippen molar-refractivity contribution in [3.05, 3.63) is 53.1 Å². The van der Waals surface area contributed by atoms with Gasteiger partial charge in [0.15, 0.2) is 5.82 Å². The van der Waals surface area contributed by atoms with Crippen LogP contribution in [-0.4, -0.2) is 64.0 Å². The molecule has 1 fully saturated rings. The molecule has 37 heavy (non-hydrogen) atoms. The van der Waals surface area contributed by atoms with E-state index in [9.17, 15) is 13.9 Å². The van der Waals surface area contributed by atoms with Crippen molar-refractivity contribution >= 4 is 22.4 Å². The van der Waals surface area contributed by atoms with E-state index in [1.807, 2.05) is 19.2 Å². The number of aliphatic hydroxyl groups is 1. The first kappa shape index (κ1) is 27.1. The smallest absolute Gasteiger partial charge is 0.303 e. The van der Waals surface area contributed by atoms with Crippen LogP contribution in [0.5, 0.6) is 0 Å². The van der Waals surface area contributed by atoms with Gasteiger partial charge in [0.25, 0.3) is 0 Å². The SMILES string of the molecule is Cc1nnc(N[C@H](C)c2cccc(C(F)(F)C(C)(C)O)c2F)c2cc(N3CCC(N(C)C)CC3)cnc12. The average Bonchev–Trinajstić information content (AvgIpc) is 2.85. The van der Waals surface area contributed by atoms with Gasteiger partial charge in [-0.05, 0) is 66.8 Å². The second kappa shape index (κ2) is 10.1.